The number of benzene rings is 1. The zero-order valence-corrected chi connectivity index (χ0v) is 21.3. The molecule has 4 rings (SSSR count). The lowest BCUT2D eigenvalue weighted by Gasteiger charge is -2.36. The zero-order valence-electron chi connectivity index (χ0n) is 21.3. The van der Waals surface area contributed by atoms with Gasteiger partial charge in [0.15, 0.2) is 0 Å². The minimum absolute atomic E-state index is 0.252. The summed E-state index contributed by atoms with van der Waals surface area (Å²) in [7, 11) is 1.55. The molecule has 192 valence electrons. The van der Waals surface area contributed by atoms with E-state index in [9.17, 15) is 19.5 Å². The van der Waals surface area contributed by atoms with Gasteiger partial charge < -0.3 is 30.3 Å². The van der Waals surface area contributed by atoms with Crippen molar-refractivity contribution in [3.05, 3.63) is 24.3 Å². The van der Waals surface area contributed by atoms with Crippen LogP contribution < -0.4 is 15.5 Å². The fraction of sp³-hybridized carbons (Fsp3) is 0.654. The number of nitrogens with zero attached hydrogens (tertiary/aromatic N) is 2. The number of likely N-dealkylation sites (tertiary alicyclic amines) is 1. The van der Waals surface area contributed by atoms with Gasteiger partial charge in [-0.05, 0) is 64.3 Å². The van der Waals surface area contributed by atoms with Gasteiger partial charge in [-0.25, -0.2) is 0 Å². The Morgan fingerprint density at radius 2 is 1.83 bits per heavy atom. The lowest BCUT2D eigenvalue weighted by atomic mass is 9.66. The number of carbonyl (C=O) groups is 3. The third kappa shape index (κ3) is 3.80. The number of carbonyl (C=O) groups excluding carboxylic acids is 3. The SMILES string of the molecule is CC[C@@H](CO)N1C(=O)[C@@H]2[C@H](C(=O)NC)[C@]3(C)CCC2(O3)C1C(=O)Nc1ccc(N(CC)CC)cc1. The number of aliphatic hydroxyl groups is 1. The quantitative estimate of drug-likeness (QED) is 0.491. The fourth-order valence-electron chi connectivity index (χ4n) is 6.58. The highest BCUT2D eigenvalue weighted by Crippen LogP contribution is 2.63. The van der Waals surface area contributed by atoms with Gasteiger partial charge in [-0.15, -0.1) is 0 Å². The second-order valence-corrected chi connectivity index (χ2v) is 10.0. The van der Waals surface area contributed by atoms with E-state index < -0.39 is 35.1 Å². The fourth-order valence-corrected chi connectivity index (χ4v) is 6.58. The van der Waals surface area contributed by atoms with E-state index >= 15 is 0 Å². The summed E-state index contributed by atoms with van der Waals surface area (Å²) in [6, 6.07) is 6.16. The normalized spacial score (nSPS) is 31.9. The van der Waals surface area contributed by atoms with E-state index in [2.05, 4.69) is 29.4 Å². The number of anilines is 2. The lowest BCUT2D eigenvalue weighted by Crippen LogP contribution is -2.56. The Labute approximate surface area is 207 Å². The minimum Gasteiger partial charge on any atom is -0.394 e. The highest BCUT2D eigenvalue weighted by molar-refractivity contribution is 6.04. The molecule has 3 amide bonds. The third-order valence-corrected chi connectivity index (χ3v) is 8.33. The third-order valence-electron chi connectivity index (χ3n) is 8.33. The predicted octanol–water partition coefficient (Wildman–Crippen LogP) is 1.75. The molecule has 0 saturated carbocycles. The smallest absolute Gasteiger partial charge is 0.250 e. The molecule has 35 heavy (non-hydrogen) atoms. The van der Waals surface area contributed by atoms with Gasteiger partial charge in [0.05, 0.1) is 30.1 Å². The van der Waals surface area contributed by atoms with Crippen molar-refractivity contribution in [3.8, 4) is 0 Å². The summed E-state index contributed by atoms with van der Waals surface area (Å²) in [5.74, 6) is -2.34. The average Bonchev–Trinajstić information content (AvgIpc) is 3.42. The molecule has 1 aromatic carbocycles. The van der Waals surface area contributed by atoms with E-state index in [1.807, 2.05) is 38.1 Å². The molecular formula is C26H38N4O5. The molecule has 0 aromatic heterocycles. The van der Waals surface area contributed by atoms with Gasteiger partial charge in [0.1, 0.15) is 11.6 Å². The molecule has 0 aliphatic carbocycles. The maximum absolute atomic E-state index is 13.8. The molecule has 3 N–H and O–H groups in total. The van der Waals surface area contributed by atoms with Crippen LogP contribution in [0.3, 0.4) is 0 Å². The number of aliphatic hydroxyl groups excluding tert-OH is 1. The van der Waals surface area contributed by atoms with Crippen molar-refractivity contribution < 1.29 is 24.2 Å². The summed E-state index contributed by atoms with van der Waals surface area (Å²) in [5, 5.41) is 15.7. The molecule has 2 unspecified atom stereocenters. The topological polar surface area (TPSA) is 111 Å². The Balaban J connectivity index is 1.69. The van der Waals surface area contributed by atoms with E-state index in [4.69, 9.17) is 4.74 Å². The zero-order chi connectivity index (χ0) is 25.5. The number of hydrogen-bond donors (Lipinski definition) is 3. The summed E-state index contributed by atoms with van der Waals surface area (Å²) in [6.07, 6.45) is 1.57. The minimum atomic E-state index is -1.10. The molecular weight excluding hydrogens is 448 g/mol. The number of nitrogens with one attached hydrogen (secondary N) is 2. The first-order chi connectivity index (χ1) is 16.7. The summed E-state index contributed by atoms with van der Waals surface area (Å²) in [4.78, 5) is 44.3. The first-order valence-electron chi connectivity index (χ1n) is 12.7. The van der Waals surface area contributed by atoms with Crippen LogP contribution in [0.1, 0.15) is 47.0 Å². The van der Waals surface area contributed by atoms with Gasteiger partial charge in [0.2, 0.25) is 17.7 Å². The molecule has 9 nitrogen and oxygen atoms in total. The van der Waals surface area contributed by atoms with Crippen molar-refractivity contribution in [2.75, 3.05) is 37.0 Å². The van der Waals surface area contributed by atoms with E-state index in [-0.39, 0.29) is 24.3 Å². The Bertz CT molecular complexity index is 976. The van der Waals surface area contributed by atoms with Gasteiger partial charge in [-0.1, -0.05) is 6.92 Å². The largest absolute Gasteiger partial charge is 0.394 e. The molecule has 3 saturated heterocycles. The van der Waals surface area contributed by atoms with Gasteiger partial charge in [0.25, 0.3) is 0 Å². The maximum Gasteiger partial charge on any atom is 0.250 e. The van der Waals surface area contributed by atoms with E-state index in [1.165, 1.54) is 4.90 Å². The van der Waals surface area contributed by atoms with Crippen molar-refractivity contribution in [2.24, 2.45) is 11.8 Å². The lowest BCUT2D eigenvalue weighted by molar-refractivity contribution is -0.147. The molecule has 3 fully saturated rings. The van der Waals surface area contributed by atoms with E-state index in [1.54, 1.807) is 7.05 Å². The summed E-state index contributed by atoms with van der Waals surface area (Å²) >= 11 is 0. The van der Waals surface area contributed by atoms with Crippen molar-refractivity contribution in [2.45, 2.75) is 70.2 Å². The maximum atomic E-state index is 13.8. The number of ether oxygens (including phenoxy) is 1. The number of amides is 3. The molecule has 0 radical (unpaired) electrons. The highest BCUT2D eigenvalue weighted by Gasteiger charge is 2.78. The van der Waals surface area contributed by atoms with Crippen LogP contribution in [-0.4, -0.2) is 77.8 Å². The molecule has 2 bridgehead atoms. The first kappa shape index (κ1) is 25.4. The van der Waals surface area contributed by atoms with Gasteiger partial charge in [0, 0.05) is 31.5 Å². The van der Waals surface area contributed by atoms with Crippen LogP contribution in [0.25, 0.3) is 0 Å². The van der Waals surface area contributed by atoms with Crippen LogP contribution >= 0.6 is 0 Å². The van der Waals surface area contributed by atoms with Gasteiger partial charge >= 0.3 is 0 Å². The predicted molar refractivity (Wildman–Crippen MR) is 133 cm³/mol. The van der Waals surface area contributed by atoms with Crippen molar-refractivity contribution in [3.63, 3.8) is 0 Å². The standard InChI is InChI=1S/C26H38N4O5/c1-6-17(15-31)30-21(23(33)28-16-9-11-18(12-10-16)29(7-2)8-3)26-14-13-25(4,35-26)19(22(32)27-5)20(26)24(30)34/h9-12,17,19-21,31H,6-8,13-15H2,1-5H3,(H,27,32)(H,28,33)/t17-,19+,20-,21?,25-,26?/m0/s1. The Morgan fingerprint density at radius 3 is 2.37 bits per heavy atom. The summed E-state index contributed by atoms with van der Waals surface area (Å²) < 4.78 is 6.53. The van der Waals surface area contributed by atoms with Crippen LogP contribution in [0, 0.1) is 11.8 Å². The number of rotatable bonds is 9. The van der Waals surface area contributed by atoms with Crippen LogP contribution in [0.15, 0.2) is 24.3 Å². The summed E-state index contributed by atoms with van der Waals surface area (Å²) in [5.41, 5.74) is -0.222. The highest BCUT2D eigenvalue weighted by atomic mass is 16.5. The van der Waals surface area contributed by atoms with Gasteiger partial charge in [-0.2, -0.15) is 0 Å². The van der Waals surface area contributed by atoms with Crippen molar-refractivity contribution in [1.82, 2.24) is 10.2 Å². The van der Waals surface area contributed by atoms with E-state index in [0.717, 1.165) is 18.8 Å². The Kier molecular flexibility index (Phi) is 6.85. The van der Waals surface area contributed by atoms with Gasteiger partial charge in [-0.3, -0.25) is 14.4 Å². The molecule has 6 atom stereocenters. The summed E-state index contributed by atoms with van der Waals surface area (Å²) in [6.45, 7) is 9.42. The molecule has 3 aliphatic rings. The molecule has 1 aromatic rings. The first-order valence-corrected chi connectivity index (χ1v) is 12.7. The molecule has 3 aliphatic heterocycles. The van der Waals surface area contributed by atoms with Crippen LogP contribution in [-0.2, 0) is 19.1 Å². The van der Waals surface area contributed by atoms with Crippen LogP contribution in [0.4, 0.5) is 11.4 Å². The van der Waals surface area contributed by atoms with Crippen LogP contribution in [0.5, 0.6) is 0 Å². The molecule has 1 spiro atoms. The Hall–Kier alpha value is -2.65. The number of fused-ring (bicyclic) bond motifs is 1. The Morgan fingerprint density at radius 1 is 1.17 bits per heavy atom. The van der Waals surface area contributed by atoms with Crippen LogP contribution in [0.2, 0.25) is 0 Å². The average molecular weight is 487 g/mol. The molecule has 3 heterocycles. The van der Waals surface area contributed by atoms with E-state index in [0.29, 0.717) is 24.9 Å². The second kappa shape index (κ2) is 9.43. The van der Waals surface area contributed by atoms with Crippen molar-refractivity contribution >= 4 is 29.1 Å². The second-order valence-electron chi connectivity index (χ2n) is 10.0. The number of hydrogen-bond acceptors (Lipinski definition) is 6. The molecule has 9 heteroatoms. The monoisotopic (exact) mass is 486 g/mol. The van der Waals surface area contributed by atoms with Crippen molar-refractivity contribution in [1.29, 1.82) is 0 Å².